The van der Waals surface area contributed by atoms with E-state index in [9.17, 15) is 5.11 Å². The minimum Gasteiger partial charge on any atom is -0.508 e. The molecule has 0 aromatic heterocycles. The van der Waals surface area contributed by atoms with Crippen LogP contribution in [0.4, 0.5) is 0 Å². The molecule has 82 valence electrons. The highest BCUT2D eigenvalue weighted by Gasteiger charge is 2.08. The number of phenols is 1. The summed E-state index contributed by atoms with van der Waals surface area (Å²) in [4.78, 5) is 0. The zero-order valence-corrected chi connectivity index (χ0v) is 9.96. The van der Waals surface area contributed by atoms with Crippen molar-refractivity contribution in [1.82, 2.24) is 0 Å². The van der Waals surface area contributed by atoms with Gasteiger partial charge in [0.15, 0.2) is 0 Å². The van der Waals surface area contributed by atoms with Crippen molar-refractivity contribution >= 4 is 23.2 Å². The van der Waals surface area contributed by atoms with E-state index in [0.29, 0.717) is 16.5 Å². The van der Waals surface area contributed by atoms with Gasteiger partial charge in [-0.2, -0.15) is 0 Å². The van der Waals surface area contributed by atoms with Gasteiger partial charge in [0.05, 0.1) is 0 Å². The van der Waals surface area contributed by atoms with Gasteiger partial charge in [-0.05, 0) is 23.3 Å². The van der Waals surface area contributed by atoms with Crippen LogP contribution in [0.25, 0.3) is 0 Å². The third-order valence-corrected chi connectivity index (χ3v) is 3.02. The fourth-order valence-corrected chi connectivity index (χ4v) is 2.17. The second-order valence-corrected chi connectivity index (χ2v) is 4.36. The second kappa shape index (κ2) is 4.77. The Morgan fingerprint density at radius 3 is 2.06 bits per heavy atom. The van der Waals surface area contributed by atoms with Crippen LogP contribution in [0.5, 0.6) is 5.75 Å². The summed E-state index contributed by atoms with van der Waals surface area (Å²) in [5, 5.41) is 10.3. The van der Waals surface area contributed by atoms with Gasteiger partial charge in [0.2, 0.25) is 0 Å². The zero-order valence-electron chi connectivity index (χ0n) is 8.45. The highest BCUT2D eigenvalue weighted by Crippen LogP contribution is 2.31. The van der Waals surface area contributed by atoms with Crippen molar-refractivity contribution in [2.75, 3.05) is 0 Å². The molecule has 0 aliphatic rings. The van der Waals surface area contributed by atoms with Crippen molar-refractivity contribution in [2.24, 2.45) is 0 Å². The van der Waals surface area contributed by atoms with Gasteiger partial charge in [-0.25, -0.2) is 0 Å². The number of phenolic OH excluding ortho intramolecular Hbond substituents is 1. The maximum Gasteiger partial charge on any atom is 0.118 e. The van der Waals surface area contributed by atoms with E-state index in [0.717, 1.165) is 11.1 Å². The molecule has 2 rings (SSSR count). The molecule has 0 spiro atoms. The molecule has 2 aromatic carbocycles. The maximum absolute atomic E-state index is 9.32. The van der Waals surface area contributed by atoms with Crippen LogP contribution in [0, 0.1) is 0 Å². The molecule has 0 aliphatic heterocycles. The van der Waals surface area contributed by atoms with E-state index in [4.69, 9.17) is 23.2 Å². The minimum absolute atomic E-state index is 0.0896. The molecule has 0 aliphatic carbocycles. The Morgan fingerprint density at radius 2 is 1.50 bits per heavy atom. The van der Waals surface area contributed by atoms with Crippen molar-refractivity contribution in [1.29, 1.82) is 0 Å². The van der Waals surface area contributed by atoms with Crippen LogP contribution in [0.15, 0.2) is 42.5 Å². The van der Waals surface area contributed by atoms with E-state index >= 15 is 0 Å². The first-order valence-corrected chi connectivity index (χ1v) is 5.63. The largest absolute Gasteiger partial charge is 0.508 e. The smallest absolute Gasteiger partial charge is 0.118 e. The Morgan fingerprint density at radius 1 is 0.938 bits per heavy atom. The lowest BCUT2D eigenvalue weighted by Gasteiger charge is -2.07. The SMILES string of the molecule is Oc1cc(Cl)c(Cc2ccccc2)c(Cl)c1. The summed E-state index contributed by atoms with van der Waals surface area (Å²) in [6, 6.07) is 12.9. The van der Waals surface area contributed by atoms with Crippen LogP contribution in [-0.4, -0.2) is 5.11 Å². The van der Waals surface area contributed by atoms with Gasteiger partial charge in [0, 0.05) is 16.5 Å². The van der Waals surface area contributed by atoms with Gasteiger partial charge in [-0.1, -0.05) is 53.5 Å². The van der Waals surface area contributed by atoms with Crippen LogP contribution in [0.2, 0.25) is 10.0 Å². The summed E-state index contributed by atoms with van der Waals surface area (Å²) in [5.41, 5.74) is 1.98. The van der Waals surface area contributed by atoms with Crippen molar-refractivity contribution in [3.05, 3.63) is 63.6 Å². The molecule has 1 N–H and O–H groups in total. The normalized spacial score (nSPS) is 10.4. The fourth-order valence-electron chi connectivity index (χ4n) is 1.56. The van der Waals surface area contributed by atoms with E-state index in [1.165, 1.54) is 12.1 Å². The molecule has 2 aromatic rings. The zero-order chi connectivity index (χ0) is 11.5. The van der Waals surface area contributed by atoms with Gasteiger partial charge >= 0.3 is 0 Å². The lowest BCUT2D eigenvalue weighted by Crippen LogP contribution is -1.90. The van der Waals surface area contributed by atoms with Gasteiger partial charge in [-0.3, -0.25) is 0 Å². The molecule has 16 heavy (non-hydrogen) atoms. The van der Waals surface area contributed by atoms with Crippen LogP contribution in [0.1, 0.15) is 11.1 Å². The summed E-state index contributed by atoms with van der Waals surface area (Å²) >= 11 is 12.1. The van der Waals surface area contributed by atoms with Crippen LogP contribution >= 0.6 is 23.2 Å². The predicted octanol–water partition coefficient (Wildman–Crippen LogP) is 4.29. The molecule has 3 heteroatoms. The summed E-state index contributed by atoms with van der Waals surface area (Å²) in [7, 11) is 0. The molecule has 0 saturated carbocycles. The molecule has 0 amide bonds. The monoisotopic (exact) mass is 252 g/mol. The number of hydrogen-bond donors (Lipinski definition) is 1. The Hall–Kier alpha value is -1.18. The topological polar surface area (TPSA) is 20.2 Å². The highest BCUT2D eigenvalue weighted by molar-refractivity contribution is 6.36. The Kier molecular flexibility index (Phi) is 3.37. The third-order valence-electron chi connectivity index (χ3n) is 2.35. The molecule has 0 fully saturated rings. The molecular formula is C13H10Cl2O. The maximum atomic E-state index is 9.32. The number of rotatable bonds is 2. The van der Waals surface area contributed by atoms with Crippen LogP contribution < -0.4 is 0 Å². The number of hydrogen-bond acceptors (Lipinski definition) is 1. The average molecular weight is 253 g/mol. The standard InChI is InChI=1S/C13H10Cl2O/c14-12-7-10(16)8-13(15)11(12)6-9-4-2-1-3-5-9/h1-5,7-8,16H,6H2. The summed E-state index contributed by atoms with van der Waals surface area (Å²) in [6.07, 6.45) is 0.665. The Labute approximate surface area is 104 Å². The first-order chi connectivity index (χ1) is 7.66. The summed E-state index contributed by atoms with van der Waals surface area (Å²) in [5.74, 6) is 0.0896. The first-order valence-electron chi connectivity index (χ1n) is 4.87. The van der Waals surface area contributed by atoms with Gasteiger partial charge < -0.3 is 5.11 Å². The van der Waals surface area contributed by atoms with E-state index in [1.807, 2.05) is 30.3 Å². The fraction of sp³-hybridized carbons (Fsp3) is 0.0769. The molecule has 0 radical (unpaired) electrons. The molecule has 0 heterocycles. The molecule has 1 nitrogen and oxygen atoms in total. The molecular weight excluding hydrogens is 243 g/mol. The lowest BCUT2D eigenvalue weighted by molar-refractivity contribution is 0.475. The number of halogens is 2. The van der Waals surface area contributed by atoms with Crippen molar-refractivity contribution in [2.45, 2.75) is 6.42 Å². The molecule has 0 unspecified atom stereocenters. The third kappa shape index (κ3) is 2.49. The van der Waals surface area contributed by atoms with Gasteiger partial charge in [-0.15, -0.1) is 0 Å². The van der Waals surface area contributed by atoms with Gasteiger partial charge in [0.1, 0.15) is 5.75 Å². The van der Waals surface area contributed by atoms with E-state index in [1.54, 1.807) is 0 Å². The Bertz CT molecular complexity index is 472. The van der Waals surface area contributed by atoms with Crippen molar-refractivity contribution in [3.8, 4) is 5.75 Å². The Balaban J connectivity index is 2.35. The summed E-state index contributed by atoms with van der Waals surface area (Å²) in [6.45, 7) is 0. The average Bonchev–Trinajstić information content (AvgIpc) is 2.25. The van der Waals surface area contributed by atoms with E-state index < -0.39 is 0 Å². The second-order valence-electron chi connectivity index (χ2n) is 3.55. The van der Waals surface area contributed by atoms with E-state index in [-0.39, 0.29) is 5.75 Å². The van der Waals surface area contributed by atoms with E-state index in [2.05, 4.69) is 0 Å². The van der Waals surface area contributed by atoms with Crippen molar-refractivity contribution < 1.29 is 5.11 Å². The number of benzene rings is 2. The lowest BCUT2D eigenvalue weighted by atomic mass is 10.0. The predicted molar refractivity (Wildman–Crippen MR) is 67.4 cm³/mol. The van der Waals surface area contributed by atoms with Crippen LogP contribution in [0.3, 0.4) is 0 Å². The summed E-state index contributed by atoms with van der Waals surface area (Å²) < 4.78 is 0. The first kappa shape index (κ1) is 11.3. The highest BCUT2D eigenvalue weighted by atomic mass is 35.5. The molecule has 0 bridgehead atoms. The number of aromatic hydroxyl groups is 1. The quantitative estimate of drug-likeness (QED) is 0.846. The van der Waals surface area contributed by atoms with Crippen LogP contribution in [-0.2, 0) is 6.42 Å². The molecule has 0 saturated heterocycles. The minimum atomic E-state index is 0.0896. The van der Waals surface area contributed by atoms with Gasteiger partial charge in [0.25, 0.3) is 0 Å². The van der Waals surface area contributed by atoms with Crippen molar-refractivity contribution in [3.63, 3.8) is 0 Å². The molecule has 0 atom stereocenters.